The van der Waals surface area contributed by atoms with Crippen molar-refractivity contribution in [1.82, 2.24) is 15.3 Å². The molecule has 126 valence electrons. The minimum absolute atomic E-state index is 0.143. The molecule has 1 aliphatic rings. The minimum atomic E-state index is -0.143. The van der Waals surface area contributed by atoms with E-state index in [-0.39, 0.29) is 11.9 Å². The molecule has 0 bridgehead atoms. The van der Waals surface area contributed by atoms with Crippen LogP contribution < -0.4 is 10.6 Å². The van der Waals surface area contributed by atoms with Gasteiger partial charge in [-0.3, -0.25) is 4.79 Å². The Balaban J connectivity index is 1.71. The fourth-order valence-corrected chi connectivity index (χ4v) is 3.10. The number of nitrogens with one attached hydrogen (secondary N) is 2. The maximum absolute atomic E-state index is 12.4. The van der Waals surface area contributed by atoms with Gasteiger partial charge in [-0.05, 0) is 37.5 Å². The lowest BCUT2D eigenvalue weighted by Gasteiger charge is -2.22. The Morgan fingerprint density at radius 2 is 1.96 bits per heavy atom. The van der Waals surface area contributed by atoms with Crippen LogP contribution in [0, 0.1) is 6.92 Å². The van der Waals surface area contributed by atoms with Gasteiger partial charge in [-0.25, -0.2) is 9.97 Å². The van der Waals surface area contributed by atoms with Crippen molar-refractivity contribution in [1.29, 1.82) is 0 Å². The Labute approximate surface area is 146 Å². The van der Waals surface area contributed by atoms with Crippen LogP contribution in [0.3, 0.4) is 0 Å². The van der Waals surface area contributed by atoms with Crippen molar-refractivity contribution in [2.45, 2.75) is 45.1 Å². The smallest absolute Gasteiger partial charge is 0.270 e. The summed E-state index contributed by atoms with van der Waals surface area (Å²) in [5, 5.41) is 6.91. The third-order valence-electron chi connectivity index (χ3n) is 4.30. The van der Waals surface area contributed by atoms with Crippen LogP contribution in [0.1, 0.15) is 48.2 Å². The van der Waals surface area contributed by atoms with E-state index < -0.39 is 0 Å². The number of anilines is 2. The normalized spacial score (nSPS) is 15.1. The van der Waals surface area contributed by atoms with Gasteiger partial charge in [-0.15, -0.1) is 0 Å². The molecule has 0 unspecified atom stereocenters. The summed E-state index contributed by atoms with van der Waals surface area (Å²) in [5.41, 5.74) is 2.28. The summed E-state index contributed by atoms with van der Waals surface area (Å²) >= 11 is 6.04. The quantitative estimate of drug-likeness (QED) is 0.870. The highest BCUT2D eigenvalue weighted by atomic mass is 35.5. The molecule has 1 saturated carbocycles. The molecule has 1 aromatic carbocycles. The van der Waals surface area contributed by atoms with Crippen molar-refractivity contribution in [2.75, 3.05) is 5.32 Å². The van der Waals surface area contributed by atoms with Crippen LogP contribution in [-0.2, 0) is 0 Å². The first-order valence-corrected chi connectivity index (χ1v) is 8.66. The average Bonchev–Trinajstić information content (AvgIpc) is 2.59. The van der Waals surface area contributed by atoms with E-state index in [2.05, 4.69) is 20.6 Å². The van der Waals surface area contributed by atoms with Crippen molar-refractivity contribution in [3.05, 3.63) is 46.9 Å². The summed E-state index contributed by atoms with van der Waals surface area (Å²) < 4.78 is 0. The fourth-order valence-electron chi connectivity index (χ4n) is 2.92. The van der Waals surface area contributed by atoms with Gasteiger partial charge in [0, 0.05) is 22.8 Å². The number of rotatable bonds is 4. The lowest BCUT2D eigenvalue weighted by atomic mass is 9.95. The number of nitrogens with zero attached hydrogens (tertiary/aromatic N) is 2. The Kier molecular flexibility index (Phi) is 5.30. The van der Waals surface area contributed by atoms with Crippen LogP contribution in [0.5, 0.6) is 0 Å². The molecule has 5 nitrogen and oxygen atoms in total. The molecule has 24 heavy (non-hydrogen) atoms. The lowest BCUT2D eigenvalue weighted by Crippen LogP contribution is -2.36. The number of carbonyl (C=O) groups is 1. The first-order valence-electron chi connectivity index (χ1n) is 8.28. The first kappa shape index (κ1) is 16.7. The highest BCUT2D eigenvalue weighted by Gasteiger charge is 2.17. The van der Waals surface area contributed by atoms with Crippen LogP contribution in [0.15, 0.2) is 30.6 Å². The molecule has 0 aliphatic heterocycles. The maximum Gasteiger partial charge on any atom is 0.270 e. The number of aromatic nitrogens is 2. The van der Waals surface area contributed by atoms with Crippen LogP contribution in [0.4, 0.5) is 11.5 Å². The summed E-state index contributed by atoms with van der Waals surface area (Å²) in [6.45, 7) is 1.98. The van der Waals surface area contributed by atoms with Gasteiger partial charge < -0.3 is 10.6 Å². The highest BCUT2D eigenvalue weighted by Crippen LogP contribution is 2.23. The molecule has 0 spiro atoms. The SMILES string of the molecule is Cc1ccc(Cl)cc1Nc1cc(C(=O)NC2CCCCC2)ncn1. The Bertz CT molecular complexity index is 729. The second-order valence-electron chi connectivity index (χ2n) is 6.18. The van der Waals surface area contributed by atoms with Gasteiger partial charge in [-0.2, -0.15) is 0 Å². The molecule has 1 amide bonds. The van der Waals surface area contributed by atoms with Crippen LogP contribution in [-0.4, -0.2) is 21.9 Å². The first-order chi connectivity index (χ1) is 11.6. The van der Waals surface area contributed by atoms with Crippen molar-refractivity contribution in [3.63, 3.8) is 0 Å². The second-order valence-corrected chi connectivity index (χ2v) is 6.62. The summed E-state index contributed by atoms with van der Waals surface area (Å²) in [4.78, 5) is 20.7. The van der Waals surface area contributed by atoms with Gasteiger partial charge in [-0.1, -0.05) is 36.9 Å². The highest BCUT2D eigenvalue weighted by molar-refractivity contribution is 6.30. The number of halogens is 1. The maximum atomic E-state index is 12.4. The molecule has 3 rings (SSSR count). The zero-order valence-corrected chi connectivity index (χ0v) is 14.4. The molecule has 1 aromatic heterocycles. The summed E-state index contributed by atoms with van der Waals surface area (Å²) in [5.74, 6) is 0.430. The van der Waals surface area contributed by atoms with E-state index in [9.17, 15) is 4.79 Å². The van der Waals surface area contributed by atoms with E-state index >= 15 is 0 Å². The van der Waals surface area contributed by atoms with E-state index in [1.165, 1.54) is 25.6 Å². The molecular formula is C18H21ClN4O. The monoisotopic (exact) mass is 344 g/mol. The van der Waals surface area contributed by atoms with Gasteiger partial charge in [0.1, 0.15) is 17.8 Å². The van der Waals surface area contributed by atoms with E-state index in [1.807, 2.05) is 25.1 Å². The predicted octanol–water partition coefficient (Wildman–Crippen LogP) is 4.24. The Morgan fingerprint density at radius 3 is 2.75 bits per heavy atom. The molecular weight excluding hydrogens is 324 g/mol. The summed E-state index contributed by atoms with van der Waals surface area (Å²) in [6.07, 6.45) is 7.10. The van der Waals surface area contributed by atoms with Crippen LogP contribution in [0.25, 0.3) is 0 Å². The van der Waals surface area contributed by atoms with Crippen LogP contribution >= 0.6 is 11.6 Å². The molecule has 1 aliphatic carbocycles. The predicted molar refractivity (Wildman–Crippen MR) is 95.8 cm³/mol. The number of carbonyl (C=O) groups excluding carboxylic acids is 1. The van der Waals surface area contributed by atoms with Gasteiger partial charge in [0.2, 0.25) is 0 Å². The lowest BCUT2D eigenvalue weighted by molar-refractivity contribution is 0.0922. The standard InChI is InChI=1S/C18H21ClN4O/c1-12-7-8-13(19)9-15(12)23-17-10-16(20-11-21-17)18(24)22-14-5-3-2-4-6-14/h7-11,14H,2-6H2,1H3,(H,22,24)(H,20,21,23). The largest absolute Gasteiger partial charge is 0.348 e. The van der Waals surface area contributed by atoms with Gasteiger partial charge >= 0.3 is 0 Å². The van der Waals surface area contributed by atoms with E-state index in [4.69, 9.17) is 11.6 Å². The number of aryl methyl sites for hydroxylation is 1. The van der Waals surface area contributed by atoms with Gasteiger partial charge in [0.05, 0.1) is 0 Å². The zero-order chi connectivity index (χ0) is 16.9. The molecule has 2 aromatic rings. The zero-order valence-electron chi connectivity index (χ0n) is 13.7. The third-order valence-corrected chi connectivity index (χ3v) is 4.54. The molecule has 0 atom stereocenters. The van der Waals surface area contributed by atoms with Crippen molar-refractivity contribution < 1.29 is 4.79 Å². The minimum Gasteiger partial charge on any atom is -0.348 e. The second kappa shape index (κ2) is 7.62. The molecule has 1 fully saturated rings. The van der Waals surface area contributed by atoms with Crippen molar-refractivity contribution >= 4 is 29.0 Å². The Morgan fingerprint density at radius 1 is 1.17 bits per heavy atom. The van der Waals surface area contributed by atoms with E-state index in [1.54, 1.807) is 6.07 Å². The van der Waals surface area contributed by atoms with Crippen LogP contribution in [0.2, 0.25) is 5.02 Å². The Hall–Kier alpha value is -2.14. The number of amides is 1. The van der Waals surface area contributed by atoms with Gasteiger partial charge in [0.25, 0.3) is 5.91 Å². The van der Waals surface area contributed by atoms with Gasteiger partial charge in [0.15, 0.2) is 0 Å². The molecule has 0 radical (unpaired) electrons. The summed E-state index contributed by atoms with van der Waals surface area (Å²) in [7, 11) is 0. The fraction of sp³-hybridized carbons (Fsp3) is 0.389. The van der Waals surface area contributed by atoms with E-state index in [0.29, 0.717) is 16.5 Å². The molecule has 2 N–H and O–H groups in total. The summed E-state index contributed by atoms with van der Waals surface area (Å²) in [6, 6.07) is 7.53. The van der Waals surface area contributed by atoms with E-state index in [0.717, 1.165) is 24.1 Å². The van der Waals surface area contributed by atoms with Crippen molar-refractivity contribution in [2.24, 2.45) is 0 Å². The number of benzene rings is 1. The molecule has 1 heterocycles. The number of hydrogen-bond donors (Lipinski definition) is 2. The molecule has 0 saturated heterocycles. The topological polar surface area (TPSA) is 66.9 Å². The molecule has 6 heteroatoms. The number of hydrogen-bond acceptors (Lipinski definition) is 4. The average molecular weight is 345 g/mol. The third kappa shape index (κ3) is 4.23. The van der Waals surface area contributed by atoms with Crippen molar-refractivity contribution in [3.8, 4) is 0 Å².